The van der Waals surface area contributed by atoms with E-state index >= 15 is 0 Å². The SMILES string of the molecule is C=C/C=C(\C=C/C)[C@H](C)C1=CCN1.CCC(C)=O. The summed E-state index contributed by atoms with van der Waals surface area (Å²) in [6, 6.07) is 0. The summed E-state index contributed by atoms with van der Waals surface area (Å²) in [5.74, 6) is 0.716. The van der Waals surface area contributed by atoms with E-state index in [-0.39, 0.29) is 5.78 Å². The highest BCUT2D eigenvalue weighted by molar-refractivity contribution is 5.74. The van der Waals surface area contributed by atoms with Crippen LogP contribution in [-0.4, -0.2) is 12.3 Å². The van der Waals surface area contributed by atoms with Crippen molar-refractivity contribution in [2.75, 3.05) is 6.54 Å². The Labute approximate surface area is 111 Å². The predicted molar refractivity (Wildman–Crippen MR) is 79.3 cm³/mol. The first-order valence-corrected chi connectivity index (χ1v) is 6.45. The van der Waals surface area contributed by atoms with Crippen LogP contribution in [0.1, 0.15) is 34.1 Å². The van der Waals surface area contributed by atoms with E-state index < -0.39 is 0 Å². The van der Waals surface area contributed by atoms with Gasteiger partial charge < -0.3 is 10.1 Å². The lowest BCUT2D eigenvalue weighted by atomic mass is 9.94. The maximum absolute atomic E-state index is 9.81. The molecule has 0 aliphatic carbocycles. The van der Waals surface area contributed by atoms with Gasteiger partial charge in [-0.05, 0) is 25.5 Å². The van der Waals surface area contributed by atoms with Gasteiger partial charge in [-0.1, -0.05) is 44.7 Å². The fourth-order valence-corrected chi connectivity index (χ4v) is 1.40. The third kappa shape index (κ3) is 6.24. The van der Waals surface area contributed by atoms with Gasteiger partial charge in [-0.3, -0.25) is 0 Å². The van der Waals surface area contributed by atoms with Crippen LogP contribution >= 0.6 is 0 Å². The molecule has 1 atom stereocenters. The molecule has 0 unspecified atom stereocenters. The van der Waals surface area contributed by atoms with Gasteiger partial charge in [-0.25, -0.2) is 0 Å². The molecule has 1 aliphatic rings. The largest absolute Gasteiger partial charge is 0.385 e. The second-order valence-electron chi connectivity index (χ2n) is 4.22. The van der Waals surface area contributed by atoms with Gasteiger partial charge in [0, 0.05) is 24.6 Å². The van der Waals surface area contributed by atoms with Gasteiger partial charge in [0.1, 0.15) is 5.78 Å². The van der Waals surface area contributed by atoms with Crippen molar-refractivity contribution in [1.82, 2.24) is 5.32 Å². The molecule has 1 heterocycles. The summed E-state index contributed by atoms with van der Waals surface area (Å²) in [5.41, 5.74) is 2.63. The molecule has 0 aromatic carbocycles. The van der Waals surface area contributed by atoms with Crippen molar-refractivity contribution in [1.29, 1.82) is 0 Å². The Morgan fingerprint density at radius 3 is 2.44 bits per heavy atom. The topological polar surface area (TPSA) is 29.1 Å². The average Bonchev–Trinajstić information content (AvgIpc) is 2.27. The Balaban J connectivity index is 0.000000494. The summed E-state index contributed by atoms with van der Waals surface area (Å²) < 4.78 is 0. The lowest BCUT2D eigenvalue weighted by Crippen LogP contribution is -2.28. The van der Waals surface area contributed by atoms with Crippen LogP contribution in [0.25, 0.3) is 0 Å². The molecule has 0 saturated heterocycles. The summed E-state index contributed by atoms with van der Waals surface area (Å²) in [7, 11) is 0. The van der Waals surface area contributed by atoms with Crippen molar-refractivity contribution in [3.63, 3.8) is 0 Å². The van der Waals surface area contributed by atoms with Crippen LogP contribution in [0.5, 0.6) is 0 Å². The Morgan fingerprint density at radius 1 is 1.61 bits per heavy atom. The predicted octanol–water partition coefficient (Wildman–Crippen LogP) is 3.78. The molecular weight excluding hydrogens is 222 g/mol. The third-order valence-electron chi connectivity index (χ3n) is 2.76. The third-order valence-corrected chi connectivity index (χ3v) is 2.76. The van der Waals surface area contributed by atoms with Gasteiger partial charge in [-0.2, -0.15) is 0 Å². The highest BCUT2D eigenvalue weighted by Gasteiger charge is 2.14. The molecule has 0 amide bonds. The number of rotatable bonds is 5. The van der Waals surface area contributed by atoms with E-state index in [9.17, 15) is 4.79 Å². The summed E-state index contributed by atoms with van der Waals surface area (Å²) in [6.45, 7) is 12.4. The fraction of sp³-hybridized carbons (Fsp3) is 0.438. The number of Topliss-reactive ketones (excluding diaryl/α,β-unsaturated/α-hetero) is 1. The van der Waals surface area contributed by atoms with Crippen LogP contribution in [-0.2, 0) is 4.79 Å². The molecule has 1 aliphatic heterocycles. The molecule has 0 aromatic rings. The molecule has 0 fully saturated rings. The van der Waals surface area contributed by atoms with Crippen molar-refractivity contribution in [3.05, 3.63) is 48.2 Å². The summed E-state index contributed by atoms with van der Waals surface area (Å²) in [5, 5.41) is 3.29. The molecule has 1 N–H and O–H groups in total. The van der Waals surface area contributed by atoms with E-state index in [1.807, 2.05) is 19.9 Å². The number of hydrogen-bond acceptors (Lipinski definition) is 2. The van der Waals surface area contributed by atoms with Crippen LogP contribution in [0.15, 0.2) is 48.2 Å². The fourth-order valence-electron chi connectivity index (χ4n) is 1.40. The summed E-state index contributed by atoms with van der Waals surface area (Å²) >= 11 is 0. The number of nitrogens with one attached hydrogen (secondary N) is 1. The molecule has 0 aromatic heterocycles. The zero-order valence-electron chi connectivity index (χ0n) is 12.0. The van der Waals surface area contributed by atoms with Crippen molar-refractivity contribution in [2.45, 2.75) is 34.1 Å². The van der Waals surface area contributed by atoms with Gasteiger partial charge in [0.2, 0.25) is 0 Å². The highest BCUT2D eigenvalue weighted by Crippen LogP contribution is 2.22. The van der Waals surface area contributed by atoms with Gasteiger partial charge in [-0.15, -0.1) is 0 Å². The number of carbonyl (C=O) groups is 1. The number of hydrogen-bond donors (Lipinski definition) is 1. The van der Waals surface area contributed by atoms with E-state index in [4.69, 9.17) is 0 Å². The Morgan fingerprint density at radius 2 is 2.17 bits per heavy atom. The van der Waals surface area contributed by atoms with Crippen molar-refractivity contribution in [2.24, 2.45) is 5.92 Å². The molecule has 0 bridgehead atoms. The zero-order chi connectivity index (χ0) is 14.0. The zero-order valence-corrected chi connectivity index (χ0v) is 12.0. The van der Waals surface area contributed by atoms with Crippen molar-refractivity contribution in [3.8, 4) is 0 Å². The maximum Gasteiger partial charge on any atom is 0.129 e. The number of carbonyl (C=O) groups excluding carboxylic acids is 1. The highest BCUT2D eigenvalue weighted by atomic mass is 16.1. The Kier molecular flexibility index (Phi) is 8.63. The van der Waals surface area contributed by atoms with Crippen molar-refractivity contribution < 1.29 is 4.79 Å². The number of allylic oxidation sites excluding steroid dienone is 5. The maximum atomic E-state index is 9.81. The normalized spacial score (nSPS) is 15.8. The minimum atomic E-state index is 0.255. The summed E-state index contributed by atoms with van der Waals surface area (Å²) in [6.07, 6.45) is 11.0. The van der Waals surface area contributed by atoms with E-state index in [0.29, 0.717) is 12.3 Å². The second-order valence-corrected chi connectivity index (χ2v) is 4.22. The first-order valence-electron chi connectivity index (χ1n) is 6.45. The van der Waals surface area contributed by atoms with E-state index in [2.05, 4.69) is 43.1 Å². The molecule has 100 valence electrons. The van der Waals surface area contributed by atoms with Crippen LogP contribution in [0.2, 0.25) is 0 Å². The van der Waals surface area contributed by atoms with Gasteiger partial charge in [0.25, 0.3) is 0 Å². The lowest BCUT2D eigenvalue weighted by Gasteiger charge is -2.24. The van der Waals surface area contributed by atoms with Gasteiger partial charge >= 0.3 is 0 Å². The molecule has 2 nitrogen and oxygen atoms in total. The first-order chi connectivity index (χ1) is 8.56. The van der Waals surface area contributed by atoms with Crippen LogP contribution in [0.4, 0.5) is 0 Å². The van der Waals surface area contributed by atoms with Crippen molar-refractivity contribution >= 4 is 5.78 Å². The lowest BCUT2D eigenvalue weighted by molar-refractivity contribution is -0.116. The van der Waals surface area contributed by atoms with E-state index in [0.717, 1.165) is 6.54 Å². The standard InChI is InChI=1S/C12H17N.C4H8O/c1-4-6-11(7-5-2)10(3)12-8-9-13-12;1-3-4(2)5/h4-8,10,13H,1,9H2,2-3H3;3H2,1-2H3/b7-5-,11-6+;/t10-;/m0./s1. The molecule has 2 heteroatoms. The van der Waals surface area contributed by atoms with E-state index in [1.165, 1.54) is 11.3 Å². The Bertz CT molecular complexity index is 361. The van der Waals surface area contributed by atoms with E-state index in [1.54, 1.807) is 6.92 Å². The number of ketones is 1. The quantitative estimate of drug-likeness (QED) is 0.749. The first kappa shape index (κ1) is 16.4. The molecule has 1 rings (SSSR count). The molecule has 0 radical (unpaired) electrons. The molecule has 0 saturated carbocycles. The van der Waals surface area contributed by atoms with Crippen LogP contribution in [0.3, 0.4) is 0 Å². The monoisotopic (exact) mass is 247 g/mol. The minimum Gasteiger partial charge on any atom is -0.385 e. The minimum absolute atomic E-state index is 0.255. The second kappa shape index (κ2) is 9.46. The van der Waals surface area contributed by atoms with Gasteiger partial charge in [0.15, 0.2) is 0 Å². The smallest absolute Gasteiger partial charge is 0.129 e. The summed E-state index contributed by atoms with van der Waals surface area (Å²) in [4.78, 5) is 9.81. The molecular formula is C16H25NO. The van der Waals surface area contributed by atoms with Gasteiger partial charge in [0.05, 0.1) is 0 Å². The Hall–Kier alpha value is -1.57. The molecule has 18 heavy (non-hydrogen) atoms. The molecule has 0 spiro atoms. The van der Waals surface area contributed by atoms with Crippen LogP contribution < -0.4 is 5.32 Å². The van der Waals surface area contributed by atoms with Crippen LogP contribution in [0, 0.1) is 5.92 Å². The average molecular weight is 247 g/mol.